The Hall–Kier alpha value is -1.59. The zero-order valence-corrected chi connectivity index (χ0v) is 9.79. The van der Waals surface area contributed by atoms with Crippen LogP contribution in [0.25, 0.3) is 0 Å². The fraction of sp³-hybridized carbons (Fsp3) is 0.417. The summed E-state index contributed by atoms with van der Waals surface area (Å²) in [5.74, 6) is -2.29. The number of rotatable bonds is 3. The van der Waals surface area contributed by atoms with Gasteiger partial charge in [-0.25, -0.2) is 4.39 Å². The Kier molecular flexibility index (Phi) is 4.32. The van der Waals surface area contributed by atoms with Gasteiger partial charge in [-0.15, -0.1) is 0 Å². The number of ether oxygens (including phenoxy) is 1. The zero-order chi connectivity index (χ0) is 13.9. The van der Waals surface area contributed by atoms with Crippen molar-refractivity contribution in [1.82, 2.24) is 0 Å². The molecular weight excluding hydrogens is 252 g/mol. The minimum Gasteiger partial charge on any atom is -0.448 e. The molecule has 2 nitrogen and oxygen atoms in total. The first-order chi connectivity index (χ1) is 8.21. The van der Waals surface area contributed by atoms with Gasteiger partial charge in [0.1, 0.15) is 5.82 Å². The molecule has 0 aromatic heterocycles. The predicted octanol–water partition coefficient (Wildman–Crippen LogP) is 3.63. The number of carbonyl (C=O) groups excluding carboxylic acids is 1. The summed E-state index contributed by atoms with van der Waals surface area (Å²) >= 11 is 0. The molecule has 18 heavy (non-hydrogen) atoms. The van der Waals surface area contributed by atoms with Crippen LogP contribution in [0.2, 0.25) is 0 Å². The minimum atomic E-state index is -4.73. The Bertz CT molecular complexity index is 409. The highest BCUT2D eigenvalue weighted by Gasteiger charge is 2.44. The molecule has 6 heteroatoms. The van der Waals surface area contributed by atoms with Crippen LogP contribution >= 0.6 is 0 Å². The van der Waals surface area contributed by atoms with Crippen molar-refractivity contribution in [2.24, 2.45) is 5.92 Å². The van der Waals surface area contributed by atoms with Crippen molar-refractivity contribution in [2.45, 2.75) is 26.1 Å². The van der Waals surface area contributed by atoms with Crippen molar-refractivity contribution in [1.29, 1.82) is 0 Å². The van der Waals surface area contributed by atoms with E-state index in [1.807, 2.05) is 0 Å². The third-order valence-electron chi connectivity index (χ3n) is 2.18. The summed E-state index contributed by atoms with van der Waals surface area (Å²) in [6.45, 7) is 2.86. The molecule has 0 saturated heterocycles. The first-order valence-electron chi connectivity index (χ1n) is 5.24. The first kappa shape index (κ1) is 14.5. The second kappa shape index (κ2) is 5.37. The van der Waals surface area contributed by atoms with Crippen molar-refractivity contribution in [2.75, 3.05) is 0 Å². The van der Waals surface area contributed by atoms with Gasteiger partial charge in [-0.2, -0.15) is 13.2 Å². The van der Waals surface area contributed by atoms with Crippen LogP contribution < -0.4 is 0 Å². The molecule has 0 bridgehead atoms. The Morgan fingerprint density at radius 1 is 1.17 bits per heavy atom. The second-order valence-electron chi connectivity index (χ2n) is 4.06. The number of hydrogen-bond acceptors (Lipinski definition) is 2. The third kappa shape index (κ3) is 3.72. The summed E-state index contributed by atoms with van der Waals surface area (Å²) in [5.41, 5.74) is -0.307. The van der Waals surface area contributed by atoms with Gasteiger partial charge < -0.3 is 4.74 Å². The van der Waals surface area contributed by atoms with Crippen LogP contribution in [0.3, 0.4) is 0 Å². The molecule has 1 aromatic carbocycles. The van der Waals surface area contributed by atoms with Crippen molar-refractivity contribution < 1.29 is 27.1 Å². The number of esters is 1. The van der Waals surface area contributed by atoms with E-state index in [-0.39, 0.29) is 5.56 Å². The van der Waals surface area contributed by atoms with E-state index in [0.717, 1.165) is 24.3 Å². The molecule has 0 radical (unpaired) electrons. The monoisotopic (exact) mass is 264 g/mol. The summed E-state index contributed by atoms with van der Waals surface area (Å²) < 4.78 is 55.3. The van der Waals surface area contributed by atoms with Crippen LogP contribution in [0, 0.1) is 11.7 Å². The molecule has 0 N–H and O–H groups in total. The van der Waals surface area contributed by atoms with Gasteiger partial charge in [-0.1, -0.05) is 26.0 Å². The fourth-order valence-electron chi connectivity index (χ4n) is 1.21. The van der Waals surface area contributed by atoms with Gasteiger partial charge in [0.25, 0.3) is 0 Å². The highest BCUT2D eigenvalue weighted by molar-refractivity contribution is 5.71. The van der Waals surface area contributed by atoms with Crippen LogP contribution in [0.4, 0.5) is 17.6 Å². The Morgan fingerprint density at radius 2 is 1.67 bits per heavy atom. The van der Waals surface area contributed by atoms with Gasteiger partial charge in [0.2, 0.25) is 6.10 Å². The predicted molar refractivity (Wildman–Crippen MR) is 56.1 cm³/mol. The van der Waals surface area contributed by atoms with Crippen LogP contribution in [-0.4, -0.2) is 12.1 Å². The summed E-state index contributed by atoms with van der Waals surface area (Å²) in [5, 5.41) is 0. The standard InChI is InChI=1S/C12H12F4O2/c1-7(2)11(17)18-10(12(14,15)16)8-3-5-9(13)6-4-8/h3-7,10H,1-2H3. The molecular formula is C12H12F4O2. The number of carbonyl (C=O) groups is 1. The van der Waals surface area contributed by atoms with E-state index in [9.17, 15) is 22.4 Å². The zero-order valence-electron chi connectivity index (χ0n) is 9.79. The summed E-state index contributed by atoms with van der Waals surface area (Å²) in [4.78, 5) is 11.2. The molecule has 1 atom stereocenters. The Balaban J connectivity index is 2.99. The average molecular weight is 264 g/mol. The van der Waals surface area contributed by atoms with Gasteiger partial charge in [0.05, 0.1) is 5.92 Å². The molecule has 1 aromatic rings. The average Bonchev–Trinajstić information content (AvgIpc) is 2.25. The van der Waals surface area contributed by atoms with Gasteiger partial charge in [0.15, 0.2) is 0 Å². The molecule has 1 rings (SSSR count). The molecule has 0 fully saturated rings. The van der Waals surface area contributed by atoms with Crippen molar-refractivity contribution >= 4 is 5.97 Å². The normalized spacial score (nSPS) is 13.5. The third-order valence-corrected chi connectivity index (χ3v) is 2.18. The van der Waals surface area contributed by atoms with Gasteiger partial charge in [-0.3, -0.25) is 4.79 Å². The maximum absolute atomic E-state index is 12.8. The quantitative estimate of drug-likeness (QED) is 0.615. The molecule has 0 aliphatic carbocycles. The molecule has 1 unspecified atom stereocenters. The van der Waals surface area contributed by atoms with E-state index in [4.69, 9.17) is 0 Å². The summed E-state index contributed by atoms with van der Waals surface area (Å²) in [7, 11) is 0. The minimum absolute atomic E-state index is 0.307. The number of hydrogen-bond donors (Lipinski definition) is 0. The van der Waals surface area contributed by atoms with E-state index < -0.39 is 30.0 Å². The van der Waals surface area contributed by atoms with E-state index in [2.05, 4.69) is 4.74 Å². The molecule has 0 aliphatic heterocycles. The molecule has 0 spiro atoms. The molecule has 0 amide bonds. The van der Waals surface area contributed by atoms with E-state index >= 15 is 0 Å². The van der Waals surface area contributed by atoms with Gasteiger partial charge in [0, 0.05) is 5.56 Å². The molecule has 100 valence electrons. The smallest absolute Gasteiger partial charge is 0.429 e. The van der Waals surface area contributed by atoms with E-state index in [0.29, 0.717) is 0 Å². The Morgan fingerprint density at radius 3 is 2.06 bits per heavy atom. The van der Waals surface area contributed by atoms with Crippen LogP contribution in [0.5, 0.6) is 0 Å². The highest BCUT2D eigenvalue weighted by atomic mass is 19.4. The number of alkyl halides is 3. The second-order valence-corrected chi connectivity index (χ2v) is 4.06. The lowest BCUT2D eigenvalue weighted by molar-refractivity contribution is -0.225. The summed E-state index contributed by atoms with van der Waals surface area (Å²) in [6, 6.07) is 3.66. The van der Waals surface area contributed by atoms with Gasteiger partial charge in [-0.05, 0) is 12.1 Å². The van der Waals surface area contributed by atoms with Crippen molar-refractivity contribution in [3.8, 4) is 0 Å². The molecule has 0 aliphatic rings. The largest absolute Gasteiger partial charge is 0.448 e. The molecule has 0 saturated carbocycles. The maximum atomic E-state index is 12.8. The highest BCUT2D eigenvalue weighted by Crippen LogP contribution is 2.36. The van der Waals surface area contributed by atoms with Crippen LogP contribution in [0.15, 0.2) is 24.3 Å². The lowest BCUT2D eigenvalue weighted by Gasteiger charge is -2.22. The lowest BCUT2D eigenvalue weighted by atomic mass is 10.1. The van der Waals surface area contributed by atoms with Crippen LogP contribution in [-0.2, 0) is 9.53 Å². The van der Waals surface area contributed by atoms with E-state index in [1.54, 1.807) is 0 Å². The SMILES string of the molecule is CC(C)C(=O)OC(c1ccc(F)cc1)C(F)(F)F. The van der Waals surface area contributed by atoms with Crippen molar-refractivity contribution in [3.05, 3.63) is 35.6 Å². The van der Waals surface area contributed by atoms with Crippen molar-refractivity contribution in [3.63, 3.8) is 0 Å². The number of halogens is 4. The lowest BCUT2D eigenvalue weighted by Crippen LogP contribution is -2.27. The Labute approximate surface area is 102 Å². The van der Waals surface area contributed by atoms with E-state index in [1.165, 1.54) is 13.8 Å². The van der Waals surface area contributed by atoms with Gasteiger partial charge >= 0.3 is 12.1 Å². The summed E-state index contributed by atoms with van der Waals surface area (Å²) in [6.07, 6.45) is -7.10. The van der Waals surface area contributed by atoms with Crippen LogP contribution in [0.1, 0.15) is 25.5 Å². The molecule has 0 heterocycles. The maximum Gasteiger partial charge on any atom is 0.429 e. The first-order valence-corrected chi connectivity index (χ1v) is 5.24. The fourth-order valence-corrected chi connectivity index (χ4v) is 1.21. The number of benzene rings is 1. The topological polar surface area (TPSA) is 26.3 Å².